The van der Waals surface area contributed by atoms with Gasteiger partial charge in [0.2, 0.25) is 11.4 Å². The zero-order chi connectivity index (χ0) is 20.3. The third kappa shape index (κ3) is 2.23. The fourth-order valence-corrected chi connectivity index (χ4v) is 4.23. The van der Waals surface area contributed by atoms with E-state index in [-0.39, 0.29) is 6.17 Å². The molecule has 1 aliphatic rings. The second-order valence-corrected chi connectivity index (χ2v) is 7.26. The van der Waals surface area contributed by atoms with E-state index in [9.17, 15) is 5.26 Å². The van der Waals surface area contributed by atoms with Crippen LogP contribution in [0.25, 0.3) is 26.9 Å². The number of fused-ring (bicyclic) bond motifs is 4. The number of nitrogens with zero attached hydrogens (tertiary/aromatic N) is 5. The van der Waals surface area contributed by atoms with Crippen LogP contribution in [-0.4, -0.2) is 18.2 Å². The molecule has 4 aromatic rings. The van der Waals surface area contributed by atoms with Gasteiger partial charge in [0.15, 0.2) is 0 Å². The van der Waals surface area contributed by atoms with E-state index in [4.69, 9.17) is 11.0 Å². The standard InChI is InChI=1S/C23H17N5O/c1-13-10-16-15-6-5-9-26-23(15)29-21(16)11-20(13)28-14(2)27(4)22-17(12-24)18(25-3)7-8-19(22)28/h5-11,14H,1-2,4H3/t14-/m0/s1. The van der Waals surface area contributed by atoms with Crippen LogP contribution in [0.3, 0.4) is 0 Å². The van der Waals surface area contributed by atoms with Crippen molar-refractivity contribution in [3.8, 4) is 6.07 Å². The molecule has 0 saturated carbocycles. The van der Waals surface area contributed by atoms with Crippen molar-refractivity contribution in [1.82, 2.24) is 4.98 Å². The Morgan fingerprint density at radius 3 is 2.79 bits per heavy atom. The van der Waals surface area contributed by atoms with Crippen molar-refractivity contribution in [2.24, 2.45) is 0 Å². The lowest BCUT2D eigenvalue weighted by atomic mass is 10.1. The molecule has 3 heterocycles. The molecule has 0 aliphatic carbocycles. The summed E-state index contributed by atoms with van der Waals surface area (Å²) >= 11 is 0. The molecule has 0 fully saturated rings. The van der Waals surface area contributed by atoms with Crippen LogP contribution in [0.1, 0.15) is 18.1 Å². The second kappa shape index (κ2) is 5.98. The molecule has 0 bridgehead atoms. The van der Waals surface area contributed by atoms with Crippen molar-refractivity contribution in [2.45, 2.75) is 20.0 Å². The maximum Gasteiger partial charge on any atom is 0.227 e. The Morgan fingerprint density at radius 1 is 1.21 bits per heavy atom. The first-order valence-corrected chi connectivity index (χ1v) is 9.29. The molecule has 2 aromatic carbocycles. The monoisotopic (exact) mass is 379 g/mol. The van der Waals surface area contributed by atoms with Gasteiger partial charge < -0.3 is 14.2 Å². The highest BCUT2D eigenvalue weighted by Gasteiger charge is 2.35. The Bertz CT molecular complexity index is 1390. The highest BCUT2D eigenvalue weighted by atomic mass is 16.3. The van der Waals surface area contributed by atoms with Gasteiger partial charge in [-0.15, -0.1) is 0 Å². The van der Waals surface area contributed by atoms with Crippen molar-refractivity contribution in [2.75, 3.05) is 16.8 Å². The maximum absolute atomic E-state index is 9.69. The summed E-state index contributed by atoms with van der Waals surface area (Å²) in [5, 5.41) is 11.7. The summed E-state index contributed by atoms with van der Waals surface area (Å²) in [7, 11) is 1.96. The van der Waals surface area contributed by atoms with Gasteiger partial charge >= 0.3 is 0 Å². The summed E-state index contributed by atoms with van der Waals surface area (Å²) in [6.45, 7) is 11.5. The fraction of sp³-hybridized carbons (Fsp3) is 0.174. The number of nitriles is 1. The molecule has 140 valence electrons. The van der Waals surface area contributed by atoms with Gasteiger partial charge in [-0.1, -0.05) is 6.07 Å². The van der Waals surface area contributed by atoms with E-state index >= 15 is 0 Å². The van der Waals surface area contributed by atoms with E-state index in [1.807, 2.05) is 36.2 Å². The van der Waals surface area contributed by atoms with Crippen LogP contribution < -0.4 is 9.80 Å². The molecular formula is C23H17N5O. The van der Waals surface area contributed by atoms with Crippen molar-refractivity contribution in [3.63, 3.8) is 0 Å². The first kappa shape index (κ1) is 17.1. The lowest BCUT2D eigenvalue weighted by Crippen LogP contribution is -2.36. The molecule has 0 amide bonds. The molecule has 0 saturated heterocycles. The average Bonchev–Trinajstić information content (AvgIpc) is 3.21. The van der Waals surface area contributed by atoms with E-state index in [0.29, 0.717) is 17.0 Å². The Kier molecular flexibility index (Phi) is 3.53. The van der Waals surface area contributed by atoms with Gasteiger partial charge in [0.05, 0.1) is 29.6 Å². The number of anilines is 3. The zero-order valence-corrected chi connectivity index (χ0v) is 16.3. The van der Waals surface area contributed by atoms with Gasteiger partial charge in [-0.3, -0.25) is 0 Å². The predicted octanol–water partition coefficient (Wildman–Crippen LogP) is 5.65. The molecule has 6 heteroatoms. The lowest BCUT2D eigenvalue weighted by molar-refractivity contribution is 0.653. The molecule has 1 aliphatic heterocycles. The number of pyridine rings is 1. The van der Waals surface area contributed by atoms with E-state index in [2.05, 4.69) is 40.7 Å². The first-order chi connectivity index (χ1) is 14.0. The summed E-state index contributed by atoms with van der Waals surface area (Å²) in [6, 6.07) is 14.0. The normalized spacial score (nSPS) is 15.6. The molecule has 6 nitrogen and oxygen atoms in total. The van der Waals surface area contributed by atoms with Crippen LogP contribution >= 0.6 is 0 Å². The Balaban J connectivity index is 1.76. The van der Waals surface area contributed by atoms with Crippen molar-refractivity contribution < 1.29 is 4.42 Å². The van der Waals surface area contributed by atoms with Gasteiger partial charge in [0.25, 0.3) is 0 Å². The number of hydrogen-bond donors (Lipinski definition) is 0. The number of aromatic nitrogens is 1. The summed E-state index contributed by atoms with van der Waals surface area (Å²) in [6.07, 6.45) is 1.71. The molecule has 1 atom stereocenters. The Morgan fingerprint density at radius 2 is 2.03 bits per heavy atom. The number of hydrogen-bond acceptors (Lipinski definition) is 5. The van der Waals surface area contributed by atoms with E-state index < -0.39 is 0 Å². The second-order valence-electron chi connectivity index (χ2n) is 7.26. The van der Waals surface area contributed by atoms with Crippen LogP contribution in [0.15, 0.2) is 47.0 Å². The molecule has 0 N–H and O–H groups in total. The smallest absolute Gasteiger partial charge is 0.227 e. The number of benzene rings is 2. The molecule has 5 rings (SSSR count). The van der Waals surface area contributed by atoms with Crippen molar-refractivity contribution >= 4 is 44.8 Å². The molecule has 0 spiro atoms. The first-order valence-electron chi connectivity index (χ1n) is 9.29. The molecule has 0 unspecified atom stereocenters. The van der Waals surface area contributed by atoms with Gasteiger partial charge in [-0.05, 0) is 43.7 Å². The lowest BCUT2D eigenvalue weighted by Gasteiger charge is -2.29. The minimum absolute atomic E-state index is 0.0169. The van der Waals surface area contributed by atoms with Crippen LogP contribution in [0.4, 0.5) is 22.7 Å². The van der Waals surface area contributed by atoms with Gasteiger partial charge in [0, 0.05) is 35.8 Å². The summed E-state index contributed by atoms with van der Waals surface area (Å²) in [5.74, 6) is 0. The third-order valence-electron chi connectivity index (χ3n) is 5.74. The minimum atomic E-state index is -0.0169. The van der Waals surface area contributed by atoms with Crippen LogP contribution in [0.5, 0.6) is 0 Å². The number of aryl methyl sites for hydroxylation is 1. The number of furan rings is 1. The van der Waals surface area contributed by atoms with Crippen LogP contribution in [0, 0.1) is 24.8 Å². The maximum atomic E-state index is 9.69. The summed E-state index contributed by atoms with van der Waals surface area (Å²) in [4.78, 5) is 12.1. The molecule has 2 aromatic heterocycles. The largest absolute Gasteiger partial charge is 0.438 e. The summed E-state index contributed by atoms with van der Waals surface area (Å²) in [5.41, 5.74) is 6.02. The molecule has 0 radical (unpaired) electrons. The third-order valence-corrected chi connectivity index (χ3v) is 5.74. The topological polar surface area (TPSA) is 60.7 Å². The average molecular weight is 379 g/mol. The van der Waals surface area contributed by atoms with Crippen molar-refractivity contribution in [1.29, 1.82) is 5.26 Å². The van der Waals surface area contributed by atoms with Crippen LogP contribution in [-0.2, 0) is 0 Å². The van der Waals surface area contributed by atoms with E-state index in [0.717, 1.165) is 39.0 Å². The SMILES string of the molecule is [C-]#[N+]c1ccc2c(c1C#N)N(C)[C@H](C)N2c1cc2oc3ncccc3c2cc1C. The van der Waals surface area contributed by atoms with Gasteiger partial charge in [-0.25, -0.2) is 9.83 Å². The summed E-state index contributed by atoms with van der Waals surface area (Å²) < 4.78 is 6.00. The fourth-order valence-electron chi connectivity index (χ4n) is 4.23. The Hall–Kier alpha value is -4.03. The highest BCUT2D eigenvalue weighted by Crippen LogP contribution is 2.49. The Labute approximate surface area is 168 Å². The molecular weight excluding hydrogens is 362 g/mol. The van der Waals surface area contributed by atoms with Crippen molar-refractivity contribution in [3.05, 3.63) is 65.1 Å². The van der Waals surface area contributed by atoms with Gasteiger partial charge in [0.1, 0.15) is 11.7 Å². The minimum Gasteiger partial charge on any atom is -0.438 e. The predicted molar refractivity (Wildman–Crippen MR) is 114 cm³/mol. The van der Waals surface area contributed by atoms with E-state index in [1.165, 1.54) is 0 Å². The highest BCUT2D eigenvalue weighted by molar-refractivity contribution is 6.05. The quantitative estimate of drug-likeness (QED) is 0.400. The molecule has 29 heavy (non-hydrogen) atoms. The van der Waals surface area contributed by atoms with Gasteiger partial charge in [-0.2, -0.15) is 5.26 Å². The van der Waals surface area contributed by atoms with E-state index in [1.54, 1.807) is 12.3 Å². The number of rotatable bonds is 1. The van der Waals surface area contributed by atoms with Crippen LogP contribution in [0.2, 0.25) is 0 Å². The zero-order valence-electron chi connectivity index (χ0n) is 16.3.